The lowest BCUT2D eigenvalue weighted by Crippen LogP contribution is -2.36. The Hall–Kier alpha value is -2.93. The normalized spacial score (nSPS) is 11.5. The zero-order chi connectivity index (χ0) is 20.8. The Morgan fingerprint density at radius 3 is 2.36 bits per heavy atom. The monoisotopic (exact) mass is 406 g/mol. The molecule has 0 heterocycles. The Morgan fingerprint density at radius 2 is 1.75 bits per heavy atom. The minimum Gasteiger partial charge on any atom is -0.451 e. The van der Waals surface area contributed by atoms with Gasteiger partial charge in [-0.25, -0.2) is 4.39 Å². The molecule has 0 aromatic heterocycles. The minimum atomic E-state index is -1.18. The van der Waals surface area contributed by atoms with Gasteiger partial charge in [0.1, 0.15) is 12.4 Å². The average Bonchev–Trinajstić information content (AvgIpc) is 2.61. The fourth-order valence-corrected chi connectivity index (χ4v) is 2.64. The van der Waals surface area contributed by atoms with Crippen molar-refractivity contribution in [3.8, 4) is 0 Å². The van der Waals surface area contributed by atoms with E-state index >= 15 is 0 Å². The van der Waals surface area contributed by atoms with Crippen LogP contribution < -0.4 is 10.6 Å². The zero-order valence-corrected chi connectivity index (χ0v) is 16.4. The molecule has 148 valence electrons. The highest BCUT2D eigenvalue weighted by Crippen LogP contribution is 2.19. The van der Waals surface area contributed by atoms with Crippen molar-refractivity contribution in [2.24, 2.45) is 0 Å². The van der Waals surface area contributed by atoms with E-state index in [4.69, 9.17) is 16.3 Å². The molecule has 2 aromatic carbocycles. The Labute approximate surface area is 167 Å². The summed E-state index contributed by atoms with van der Waals surface area (Å²) in [5, 5.41) is 4.94. The minimum absolute atomic E-state index is 0.0829. The fourth-order valence-electron chi connectivity index (χ4n) is 2.48. The number of hydrogen-bond donors (Lipinski definition) is 2. The molecule has 1 atom stereocenters. The van der Waals surface area contributed by atoms with E-state index in [-0.39, 0.29) is 10.7 Å². The van der Waals surface area contributed by atoms with Crippen LogP contribution in [0.4, 0.5) is 10.1 Å². The van der Waals surface area contributed by atoms with E-state index in [1.165, 1.54) is 19.1 Å². The van der Waals surface area contributed by atoms with Gasteiger partial charge in [0, 0.05) is 10.6 Å². The largest absolute Gasteiger partial charge is 0.451 e. The molecule has 0 aliphatic carbocycles. The third-order valence-electron chi connectivity index (χ3n) is 3.74. The van der Waals surface area contributed by atoms with Crippen LogP contribution in [-0.2, 0) is 14.3 Å². The summed E-state index contributed by atoms with van der Waals surface area (Å²) in [4.78, 5) is 36.1. The molecular formula is C20H20ClFN2O4. The van der Waals surface area contributed by atoms with E-state index in [0.717, 1.165) is 17.2 Å². The SMILES string of the molecule is Cc1cc(C)cc(C(=O)NCC(=O)OC(C)C(=O)Nc2ccc(Cl)cc2F)c1. The summed E-state index contributed by atoms with van der Waals surface area (Å²) in [5.74, 6) is -2.64. The van der Waals surface area contributed by atoms with Crippen molar-refractivity contribution in [3.05, 3.63) is 63.9 Å². The van der Waals surface area contributed by atoms with Crippen LogP contribution in [0.25, 0.3) is 0 Å². The number of halogens is 2. The molecule has 0 aliphatic rings. The van der Waals surface area contributed by atoms with Gasteiger partial charge in [0.15, 0.2) is 6.10 Å². The maximum atomic E-state index is 13.7. The highest BCUT2D eigenvalue weighted by atomic mass is 35.5. The molecule has 6 nitrogen and oxygen atoms in total. The van der Waals surface area contributed by atoms with Crippen molar-refractivity contribution in [1.82, 2.24) is 5.32 Å². The maximum absolute atomic E-state index is 13.7. The summed E-state index contributed by atoms with van der Waals surface area (Å²) in [6, 6.07) is 9.09. The Bertz CT molecular complexity index is 897. The lowest BCUT2D eigenvalue weighted by Gasteiger charge is -2.14. The number of carbonyl (C=O) groups is 3. The van der Waals surface area contributed by atoms with Crippen molar-refractivity contribution in [3.63, 3.8) is 0 Å². The third kappa shape index (κ3) is 6.06. The van der Waals surface area contributed by atoms with Gasteiger partial charge < -0.3 is 15.4 Å². The van der Waals surface area contributed by atoms with Crippen LogP contribution in [0, 0.1) is 19.7 Å². The van der Waals surface area contributed by atoms with E-state index in [1.54, 1.807) is 12.1 Å². The van der Waals surface area contributed by atoms with Crippen LogP contribution >= 0.6 is 11.6 Å². The molecule has 0 fully saturated rings. The molecule has 0 radical (unpaired) electrons. The number of rotatable bonds is 6. The molecule has 1 unspecified atom stereocenters. The molecule has 0 saturated heterocycles. The van der Waals surface area contributed by atoms with Crippen molar-refractivity contribution < 1.29 is 23.5 Å². The van der Waals surface area contributed by atoms with Crippen LogP contribution in [0.2, 0.25) is 5.02 Å². The second-order valence-corrected chi connectivity index (χ2v) is 6.74. The molecule has 2 amide bonds. The summed E-state index contributed by atoms with van der Waals surface area (Å²) in [7, 11) is 0. The van der Waals surface area contributed by atoms with Gasteiger partial charge in [-0.1, -0.05) is 28.8 Å². The van der Waals surface area contributed by atoms with Crippen LogP contribution in [0.15, 0.2) is 36.4 Å². The number of anilines is 1. The smallest absolute Gasteiger partial charge is 0.326 e. The lowest BCUT2D eigenvalue weighted by atomic mass is 10.1. The molecule has 2 N–H and O–H groups in total. The van der Waals surface area contributed by atoms with E-state index in [1.807, 2.05) is 19.9 Å². The van der Waals surface area contributed by atoms with Crippen LogP contribution in [0.5, 0.6) is 0 Å². The number of esters is 1. The zero-order valence-electron chi connectivity index (χ0n) is 15.6. The fraction of sp³-hybridized carbons (Fsp3) is 0.250. The first-order chi connectivity index (χ1) is 13.2. The van der Waals surface area contributed by atoms with Crippen molar-refractivity contribution >= 4 is 35.1 Å². The molecule has 0 spiro atoms. The van der Waals surface area contributed by atoms with Crippen molar-refractivity contribution in [2.75, 3.05) is 11.9 Å². The van der Waals surface area contributed by atoms with E-state index < -0.39 is 36.2 Å². The number of nitrogens with one attached hydrogen (secondary N) is 2. The second-order valence-electron chi connectivity index (χ2n) is 6.30. The van der Waals surface area contributed by atoms with E-state index in [0.29, 0.717) is 5.56 Å². The predicted octanol–water partition coefficient (Wildman–Crippen LogP) is 3.40. The summed E-state index contributed by atoms with van der Waals surface area (Å²) in [5.41, 5.74) is 2.19. The van der Waals surface area contributed by atoms with Gasteiger partial charge in [0.25, 0.3) is 11.8 Å². The van der Waals surface area contributed by atoms with E-state index in [9.17, 15) is 18.8 Å². The first kappa shape index (κ1) is 21.4. The lowest BCUT2D eigenvalue weighted by molar-refractivity contribution is -0.152. The van der Waals surface area contributed by atoms with Crippen molar-refractivity contribution in [2.45, 2.75) is 26.9 Å². The molecule has 2 aromatic rings. The molecule has 28 heavy (non-hydrogen) atoms. The first-order valence-electron chi connectivity index (χ1n) is 8.47. The molecular weight excluding hydrogens is 387 g/mol. The van der Waals surface area contributed by atoms with Gasteiger partial charge in [-0.05, 0) is 51.1 Å². The number of carbonyl (C=O) groups excluding carboxylic acids is 3. The highest BCUT2D eigenvalue weighted by molar-refractivity contribution is 6.30. The molecule has 2 rings (SSSR count). The van der Waals surface area contributed by atoms with Crippen LogP contribution in [0.1, 0.15) is 28.4 Å². The van der Waals surface area contributed by atoms with Crippen LogP contribution in [0.3, 0.4) is 0 Å². The van der Waals surface area contributed by atoms with Gasteiger partial charge >= 0.3 is 5.97 Å². The van der Waals surface area contributed by atoms with Crippen molar-refractivity contribution in [1.29, 1.82) is 0 Å². The Morgan fingerprint density at radius 1 is 1.11 bits per heavy atom. The number of benzene rings is 2. The summed E-state index contributed by atoms with van der Waals surface area (Å²) in [6.07, 6.45) is -1.18. The second kappa shape index (κ2) is 9.32. The molecule has 8 heteroatoms. The summed E-state index contributed by atoms with van der Waals surface area (Å²) < 4.78 is 18.7. The molecule has 0 aliphatic heterocycles. The van der Waals surface area contributed by atoms with Gasteiger partial charge in [0.05, 0.1) is 5.69 Å². The number of ether oxygens (including phenoxy) is 1. The Kier molecular flexibility index (Phi) is 7.12. The third-order valence-corrected chi connectivity index (χ3v) is 3.98. The van der Waals surface area contributed by atoms with E-state index in [2.05, 4.69) is 10.6 Å². The van der Waals surface area contributed by atoms with Gasteiger partial charge in [-0.2, -0.15) is 0 Å². The molecule has 0 bridgehead atoms. The average molecular weight is 407 g/mol. The maximum Gasteiger partial charge on any atom is 0.326 e. The number of hydrogen-bond acceptors (Lipinski definition) is 4. The number of amides is 2. The van der Waals surface area contributed by atoms with Gasteiger partial charge in [-0.15, -0.1) is 0 Å². The van der Waals surface area contributed by atoms with Gasteiger partial charge in [0.2, 0.25) is 0 Å². The number of aryl methyl sites for hydroxylation is 2. The summed E-state index contributed by atoms with van der Waals surface area (Å²) >= 11 is 5.65. The Balaban J connectivity index is 1.86. The first-order valence-corrected chi connectivity index (χ1v) is 8.85. The standard InChI is InChI=1S/C20H20ClFN2O4/c1-11-6-12(2)8-14(7-11)20(27)23-10-18(25)28-13(3)19(26)24-17-5-4-15(21)9-16(17)22/h4-9,13H,10H2,1-3H3,(H,23,27)(H,24,26). The summed E-state index contributed by atoms with van der Waals surface area (Å²) in [6.45, 7) is 4.66. The van der Waals surface area contributed by atoms with Gasteiger partial charge in [-0.3, -0.25) is 14.4 Å². The quantitative estimate of drug-likeness (QED) is 0.720. The molecule has 0 saturated carbocycles. The van der Waals surface area contributed by atoms with Crippen LogP contribution in [-0.4, -0.2) is 30.4 Å². The highest BCUT2D eigenvalue weighted by Gasteiger charge is 2.20. The topological polar surface area (TPSA) is 84.5 Å². The predicted molar refractivity (Wildman–Crippen MR) is 104 cm³/mol.